The highest BCUT2D eigenvalue weighted by molar-refractivity contribution is 8.26. The standard InChI is InChI=1S/C20H21N5O3S/c21-18(14-7-3-1-4-8-14)29-20(22)23-19(26)16-13-15(9-10-17(16)25(27)28)24-11-5-2-6-12-24/h1,3-4,7-10,13,21H,2,5-6,11-12H2,(H2,22,23,26). The van der Waals surface area contributed by atoms with Crippen molar-refractivity contribution < 1.29 is 9.72 Å². The van der Waals surface area contributed by atoms with E-state index in [0.29, 0.717) is 5.56 Å². The van der Waals surface area contributed by atoms with Crippen LogP contribution >= 0.6 is 11.8 Å². The highest BCUT2D eigenvalue weighted by Crippen LogP contribution is 2.27. The molecule has 8 nitrogen and oxygen atoms in total. The molecule has 0 radical (unpaired) electrons. The molecule has 1 fully saturated rings. The Bertz CT molecular complexity index is 942. The number of carbonyl (C=O) groups is 1. The minimum Gasteiger partial charge on any atom is -0.372 e. The first-order valence-corrected chi connectivity index (χ1v) is 10.0. The smallest absolute Gasteiger partial charge is 0.282 e. The highest BCUT2D eigenvalue weighted by Gasteiger charge is 2.24. The maximum Gasteiger partial charge on any atom is 0.282 e. The van der Waals surface area contributed by atoms with Gasteiger partial charge in [-0.2, -0.15) is 0 Å². The van der Waals surface area contributed by atoms with Crippen LogP contribution in [0.15, 0.2) is 48.5 Å². The topological polar surface area (TPSA) is 123 Å². The molecule has 0 bridgehead atoms. The van der Waals surface area contributed by atoms with Gasteiger partial charge < -0.3 is 10.2 Å². The maximum atomic E-state index is 12.7. The van der Waals surface area contributed by atoms with Gasteiger partial charge in [0.25, 0.3) is 11.6 Å². The first-order valence-electron chi connectivity index (χ1n) is 9.21. The molecule has 0 aromatic heterocycles. The number of hydrogen-bond acceptors (Lipinski definition) is 7. The molecule has 150 valence electrons. The highest BCUT2D eigenvalue weighted by atomic mass is 32.2. The minimum atomic E-state index is -0.728. The number of piperidine rings is 1. The quantitative estimate of drug-likeness (QED) is 0.304. The molecular weight excluding hydrogens is 390 g/mol. The lowest BCUT2D eigenvalue weighted by Crippen LogP contribution is -2.31. The second-order valence-electron chi connectivity index (χ2n) is 6.59. The van der Waals surface area contributed by atoms with Crippen LogP contribution < -0.4 is 10.2 Å². The van der Waals surface area contributed by atoms with Gasteiger partial charge in [0.1, 0.15) is 10.6 Å². The number of anilines is 1. The molecular formula is C20H21N5O3S. The first kappa shape index (κ1) is 20.5. The summed E-state index contributed by atoms with van der Waals surface area (Å²) in [7, 11) is 0. The molecule has 1 aliphatic rings. The van der Waals surface area contributed by atoms with Gasteiger partial charge >= 0.3 is 0 Å². The van der Waals surface area contributed by atoms with Gasteiger partial charge in [-0.3, -0.25) is 25.7 Å². The van der Waals surface area contributed by atoms with Gasteiger partial charge in [-0.15, -0.1) is 0 Å². The Balaban J connectivity index is 1.75. The van der Waals surface area contributed by atoms with Crippen molar-refractivity contribution in [1.82, 2.24) is 5.32 Å². The second-order valence-corrected chi connectivity index (χ2v) is 7.61. The molecule has 1 aliphatic heterocycles. The average Bonchev–Trinajstić information content (AvgIpc) is 2.74. The molecule has 1 heterocycles. The Morgan fingerprint density at radius 2 is 1.76 bits per heavy atom. The van der Waals surface area contributed by atoms with Crippen LogP contribution in [0.2, 0.25) is 0 Å². The number of nitro benzene ring substituents is 1. The summed E-state index contributed by atoms with van der Waals surface area (Å²) in [5, 5.41) is 29.6. The number of benzene rings is 2. The van der Waals surface area contributed by atoms with Gasteiger partial charge in [0.15, 0.2) is 5.17 Å². The van der Waals surface area contributed by atoms with Crippen LogP contribution in [0.4, 0.5) is 11.4 Å². The van der Waals surface area contributed by atoms with E-state index in [-0.39, 0.29) is 21.5 Å². The number of nitrogens with one attached hydrogen (secondary N) is 3. The largest absolute Gasteiger partial charge is 0.372 e. The average molecular weight is 411 g/mol. The van der Waals surface area contributed by atoms with Crippen LogP contribution in [0.5, 0.6) is 0 Å². The Kier molecular flexibility index (Phi) is 6.61. The molecule has 1 saturated heterocycles. The van der Waals surface area contributed by atoms with E-state index in [2.05, 4.69) is 10.2 Å². The van der Waals surface area contributed by atoms with Crippen molar-refractivity contribution in [3.63, 3.8) is 0 Å². The van der Waals surface area contributed by atoms with Crippen molar-refractivity contribution in [2.24, 2.45) is 0 Å². The van der Waals surface area contributed by atoms with Crippen LogP contribution in [-0.4, -0.2) is 34.1 Å². The summed E-state index contributed by atoms with van der Waals surface area (Å²) in [5.41, 5.74) is 0.986. The number of amidine groups is 1. The van der Waals surface area contributed by atoms with Gasteiger partial charge in [-0.25, -0.2) is 0 Å². The molecule has 1 amide bonds. The summed E-state index contributed by atoms with van der Waals surface area (Å²) >= 11 is 0.777. The van der Waals surface area contributed by atoms with Crippen molar-refractivity contribution in [1.29, 1.82) is 10.8 Å². The molecule has 9 heteroatoms. The molecule has 29 heavy (non-hydrogen) atoms. The third kappa shape index (κ3) is 5.20. The predicted octanol–water partition coefficient (Wildman–Crippen LogP) is 4.01. The summed E-state index contributed by atoms with van der Waals surface area (Å²) in [5.74, 6) is -0.728. The normalized spacial score (nSPS) is 13.6. The lowest BCUT2D eigenvalue weighted by Gasteiger charge is -2.29. The molecule has 0 saturated carbocycles. The molecule has 0 atom stereocenters. The van der Waals surface area contributed by atoms with Crippen molar-refractivity contribution >= 4 is 39.3 Å². The zero-order valence-electron chi connectivity index (χ0n) is 15.7. The van der Waals surface area contributed by atoms with Crippen LogP contribution in [0.25, 0.3) is 0 Å². The fraction of sp³-hybridized carbons (Fsp3) is 0.250. The molecule has 3 rings (SSSR count). The third-order valence-corrected chi connectivity index (χ3v) is 5.36. The summed E-state index contributed by atoms with van der Waals surface area (Å²) in [6.45, 7) is 1.69. The number of nitro groups is 1. The monoisotopic (exact) mass is 411 g/mol. The van der Waals surface area contributed by atoms with Crippen LogP contribution in [0.1, 0.15) is 35.2 Å². The van der Waals surface area contributed by atoms with Crippen LogP contribution in [-0.2, 0) is 0 Å². The number of hydrogen-bond donors (Lipinski definition) is 3. The van der Waals surface area contributed by atoms with Crippen molar-refractivity contribution in [2.75, 3.05) is 18.0 Å². The predicted molar refractivity (Wildman–Crippen MR) is 115 cm³/mol. The fourth-order valence-electron chi connectivity index (χ4n) is 3.16. The molecule has 0 unspecified atom stereocenters. The molecule has 0 spiro atoms. The van der Waals surface area contributed by atoms with Crippen molar-refractivity contribution in [3.05, 3.63) is 69.8 Å². The van der Waals surface area contributed by atoms with E-state index in [1.54, 1.807) is 30.3 Å². The van der Waals surface area contributed by atoms with Crippen molar-refractivity contribution in [3.8, 4) is 0 Å². The van der Waals surface area contributed by atoms with Gasteiger partial charge in [-0.1, -0.05) is 30.3 Å². The first-order chi connectivity index (χ1) is 14.0. The summed E-state index contributed by atoms with van der Waals surface area (Å²) < 4.78 is 0. The van der Waals surface area contributed by atoms with Gasteiger partial charge in [0.05, 0.1) is 4.92 Å². The lowest BCUT2D eigenvalue weighted by atomic mass is 10.1. The number of rotatable bonds is 4. The molecule has 2 aromatic carbocycles. The Morgan fingerprint density at radius 3 is 2.41 bits per heavy atom. The van der Waals surface area contributed by atoms with Gasteiger partial charge in [-0.05, 0) is 43.2 Å². The van der Waals surface area contributed by atoms with E-state index < -0.39 is 10.8 Å². The summed E-state index contributed by atoms with van der Waals surface area (Å²) in [6, 6.07) is 13.4. The van der Waals surface area contributed by atoms with E-state index in [9.17, 15) is 14.9 Å². The minimum absolute atomic E-state index is 0.0883. The number of thioether (sulfide) groups is 1. The van der Waals surface area contributed by atoms with E-state index >= 15 is 0 Å². The van der Waals surface area contributed by atoms with E-state index in [1.807, 2.05) is 6.07 Å². The SMILES string of the molecule is N=C(NC(=O)c1cc(N2CCCCC2)ccc1[N+](=O)[O-])SC(=N)c1ccccc1. The lowest BCUT2D eigenvalue weighted by molar-refractivity contribution is -0.385. The zero-order chi connectivity index (χ0) is 20.8. The Hall–Kier alpha value is -3.20. The van der Waals surface area contributed by atoms with Gasteiger partial charge in [0.2, 0.25) is 0 Å². The van der Waals surface area contributed by atoms with Crippen molar-refractivity contribution in [2.45, 2.75) is 19.3 Å². The van der Waals surface area contributed by atoms with Crippen LogP contribution in [0.3, 0.4) is 0 Å². The molecule has 0 aliphatic carbocycles. The van der Waals surface area contributed by atoms with E-state index in [4.69, 9.17) is 10.8 Å². The Labute approximate surface area is 172 Å². The number of amides is 1. The second kappa shape index (κ2) is 9.33. The summed E-state index contributed by atoms with van der Waals surface area (Å²) in [4.78, 5) is 25.6. The maximum absolute atomic E-state index is 12.7. The van der Waals surface area contributed by atoms with Gasteiger partial charge in [0, 0.05) is 30.4 Å². The molecule has 2 aromatic rings. The molecule has 3 N–H and O–H groups in total. The third-order valence-electron chi connectivity index (χ3n) is 4.61. The van der Waals surface area contributed by atoms with E-state index in [1.165, 1.54) is 12.1 Å². The van der Waals surface area contributed by atoms with E-state index in [0.717, 1.165) is 49.8 Å². The fourth-order valence-corrected chi connectivity index (χ4v) is 3.76. The Morgan fingerprint density at radius 1 is 1.07 bits per heavy atom. The summed E-state index contributed by atoms with van der Waals surface area (Å²) in [6.07, 6.45) is 3.24. The zero-order valence-corrected chi connectivity index (χ0v) is 16.5. The number of nitrogens with zero attached hydrogens (tertiary/aromatic N) is 2. The number of carbonyl (C=O) groups excluding carboxylic acids is 1. The van der Waals surface area contributed by atoms with Crippen LogP contribution in [0, 0.1) is 20.9 Å².